The maximum absolute atomic E-state index is 5.27. The SMILES string of the molecule is [B]CC(=C)OC(C)(C)C. The van der Waals surface area contributed by atoms with Crippen molar-refractivity contribution in [2.24, 2.45) is 0 Å². The third-order valence-electron chi connectivity index (χ3n) is 0.678. The molecule has 0 saturated heterocycles. The Morgan fingerprint density at radius 3 is 2.11 bits per heavy atom. The Balaban J connectivity index is 3.60. The van der Waals surface area contributed by atoms with Crippen LogP contribution in [0.4, 0.5) is 0 Å². The third kappa shape index (κ3) is 5.48. The number of allylic oxidation sites excluding steroid dienone is 1. The monoisotopic (exact) mass is 124 g/mol. The second-order valence-corrected chi connectivity index (χ2v) is 2.96. The van der Waals surface area contributed by atoms with Crippen molar-refractivity contribution in [1.82, 2.24) is 0 Å². The van der Waals surface area contributed by atoms with E-state index in [4.69, 9.17) is 12.6 Å². The van der Waals surface area contributed by atoms with Crippen molar-refractivity contribution in [1.29, 1.82) is 0 Å². The van der Waals surface area contributed by atoms with Crippen LogP contribution in [0.1, 0.15) is 20.8 Å². The quantitative estimate of drug-likeness (QED) is 0.403. The molecule has 0 bridgehead atoms. The van der Waals surface area contributed by atoms with Crippen LogP contribution >= 0.6 is 0 Å². The molecule has 50 valence electrons. The Kier molecular flexibility index (Phi) is 2.82. The lowest BCUT2D eigenvalue weighted by Crippen LogP contribution is -2.18. The Labute approximate surface area is 58.5 Å². The van der Waals surface area contributed by atoms with Gasteiger partial charge >= 0.3 is 0 Å². The number of rotatable bonds is 2. The molecule has 0 aromatic carbocycles. The zero-order chi connectivity index (χ0) is 7.49. The number of hydrogen-bond donors (Lipinski definition) is 0. The minimum Gasteiger partial charge on any atom is -0.494 e. The van der Waals surface area contributed by atoms with E-state index in [0.717, 1.165) is 0 Å². The van der Waals surface area contributed by atoms with Crippen LogP contribution in [-0.4, -0.2) is 13.4 Å². The van der Waals surface area contributed by atoms with Crippen molar-refractivity contribution in [3.63, 3.8) is 0 Å². The molecule has 9 heavy (non-hydrogen) atoms. The second-order valence-electron chi connectivity index (χ2n) is 2.96. The van der Waals surface area contributed by atoms with E-state index in [-0.39, 0.29) is 5.60 Å². The first-order chi connectivity index (χ1) is 3.95. The predicted octanol–water partition coefficient (Wildman–Crippen LogP) is 1.90. The summed E-state index contributed by atoms with van der Waals surface area (Å²) in [6.07, 6.45) is 0.400. The van der Waals surface area contributed by atoms with Gasteiger partial charge in [0.25, 0.3) is 0 Å². The highest BCUT2D eigenvalue weighted by Gasteiger charge is 2.10. The topological polar surface area (TPSA) is 9.23 Å². The molecule has 0 atom stereocenters. The van der Waals surface area contributed by atoms with Crippen LogP contribution in [0.2, 0.25) is 6.32 Å². The highest BCUT2D eigenvalue weighted by Crippen LogP contribution is 2.13. The lowest BCUT2D eigenvalue weighted by atomic mass is 10.0. The molecule has 0 spiro atoms. The van der Waals surface area contributed by atoms with Gasteiger partial charge in [-0.25, -0.2) is 0 Å². The maximum atomic E-state index is 5.27. The van der Waals surface area contributed by atoms with Crippen molar-refractivity contribution in [3.05, 3.63) is 12.3 Å². The van der Waals surface area contributed by atoms with E-state index in [9.17, 15) is 0 Å². The van der Waals surface area contributed by atoms with E-state index in [1.165, 1.54) is 0 Å². The Bertz CT molecular complexity index is 102. The van der Waals surface area contributed by atoms with Crippen molar-refractivity contribution in [2.75, 3.05) is 0 Å². The first-order valence-corrected chi connectivity index (χ1v) is 3.02. The van der Waals surface area contributed by atoms with Crippen molar-refractivity contribution in [2.45, 2.75) is 32.7 Å². The van der Waals surface area contributed by atoms with Gasteiger partial charge in [0.2, 0.25) is 0 Å². The Morgan fingerprint density at radius 1 is 1.56 bits per heavy atom. The smallest absolute Gasteiger partial charge is 0.100 e. The molecular formula is C7H13BO. The highest BCUT2D eigenvalue weighted by atomic mass is 16.5. The first kappa shape index (κ1) is 8.60. The van der Waals surface area contributed by atoms with Gasteiger partial charge in [-0.1, -0.05) is 6.58 Å². The Morgan fingerprint density at radius 2 is 2.00 bits per heavy atom. The van der Waals surface area contributed by atoms with Crippen LogP contribution in [0, 0.1) is 0 Å². The molecule has 0 aromatic rings. The van der Waals surface area contributed by atoms with Crippen LogP contribution in [0.5, 0.6) is 0 Å². The fourth-order valence-corrected chi connectivity index (χ4v) is 0.475. The summed E-state index contributed by atoms with van der Waals surface area (Å²) in [6.45, 7) is 9.51. The summed E-state index contributed by atoms with van der Waals surface area (Å²) < 4.78 is 5.27. The summed E-state index contributed by atoms with van der Waals surface area (Å²) in [5.41, 5.74) is -0.156. The molecule has 0 heterocycles. The molecule has 0 N–H and O–H groups in total. The van der Waals surface area contributed by atoms with Gasteiger partial charge in [0, 0.05) is 0 Å². The van der Waals surface area contributed by atoms with Gasteiger partial charge in [0.05, 0.1) is 13.6 Å². The number of ether oxygens (including phenoxy) is 1. The minimum atomic E-state index is -0.156. The van der Waals surface area contributed by atoms with Gasteiger partial charge < -0.3 is 4.74 Å². The summed E-state index contributed by atoms with van der Waals surface area (Å²) in [5.74, 6) is 0.641. The molecule has 0 fully saturated rings. The fourth-order valence-electron chi connectivity index (χ4n) is 0.475. The molecule has 2 heteroatoms. The molecule has 0 aliphatic carbocycles. The van der Waals surface area contributed by atoms with Crippen molar-refractivity contribution in [3.8, 4) is 0 Å². The highest BCUT2D eigenvalue weighted by molar-refractivity contribution is 6.09. The van der Waals surface area contributed by atoms with E-state index < -0.39 is 0 Å². The normalized spacial score (nSPS) is 11.0. The summed E-state index contributed by atoms with van der Waals surface area (Å²) >= 11 is 0. The summed E-state index contributed by atoms with van der Waals surface area (Å²) in [7, 11) is 5.25. The van der Waals surface area contributed by atoms with E-state index in [1.54, 1.807) is 0 Å². The van der Waals surface area contributed by atoms with Gasteiger partial charge in [0.1, 0.15) is 5.60 Å². The zero-order valence-corrected chi connectivity index (χ0v) is 6.40. The third-order valence-corrected chi connectivity index (χ3v) is 0.678. The lowest BCUT2D eigenvalue weighted by molar-refractivity contribution is 0.0545. The average molecular weight is 124 g/mol. The Hall–Kier alpha value is -0.395. The van der Waals surface area contributed by atoms with Crippen LogP contribution in [0.25, 0.3) is 0 Å². The predicted molar refractivity (Wildman–Crippen MR) is 40.5 cm³/mol. The summed E-state index contributed by atoms with van der Waals surface area (Å²) in [5, 5.41) is 0. The van der Waals surface area contributed by atoms with E-state index in [0.29, 0.717) is 12.1 Å². The molecule has 1 nitrogen and oxygen atoms in total. The van der Waals surface area contributed by atoms with E-state index in [2.05, 4.69) is 6.58 Å². The minimum absolute atomic E-state index is 0.156. The molecular weight excluding hydrogens is 111 g/mol. The van der Waals surface area contributed by atoms with Gasteiger partial charge in [-0.15, -0.1) is 0 Å². The van der Waals surface area contributed by atoms with Crippen molar-refractivity contribution >= 4 is 7.85 Å². The lowest BCUT2D eigenvalue weighted by Gasteiger charge is -2.22. The molecule has 0 amide bonds. The molecule has 0 rings (SSSR count). The average Bonchev–Trinajstić information content (AvgIpc) is 1.62. The standard InChI is InChI=1S/C7H13BO/c1-6(5-8)9-7(2,3)4/h1,5H2,2-4H3. The maximum Gasteiger partial charge on any atom is 0.100 e. The fraction of sp³-hybridized carbons (Fsp3) is 0.714. The van der Waals surface area contributed by atoms with Crippen LogP contribution in [-0.2, 0) is 4.74 Å². The molecule has 2 radical (unpaired) electrons. The van der Waals surface area contributed by atoms with Gasteiger partial charge in [0.15, 0.2) is 0 Å². The van der Waals surface area contributed by atoms with Crippen molar-refractivity contribution < 1.29 is 4.74 Å². The van der Waals surface area contributed by atoms with E-state index >= 15 is 0 Å². The van der Waals surface area contributed by atoms with Gasteiger partial charge in [-0.3, -0.25) is 0 Å². The number of hydrogen-bond acceptors (Lipinski definition) is 1. The molecule has 0 unspecified atom stereocenters. The second kappa shape index (κ2) is 2.95. The summed E-state index contributed by atoms with van der Waals surface area (Å²) in [4.78, 5) is 0. The largest absolute Gasteiger partial charge is 0.494 e. The van der Waals surface area contributed by atoms with Crippen LogP contribution < -0.4 is 0 Å². The van der Waals surface area contributed by atoms with Crippen LogP contribution in [0.3, 0.4) is 0 Å². The zero-order valence-electron chi connectivity index (χ0n) is 6.40. The molecule has 0 aliphatic heterocycles. The molecule has 0 aromatic heterocycles. The van der Waals surface area contributed by atoms with Gasteiger partial charge in [-0.2, -0.15) is 0 Å². The van der Waals surface area contributed by atoms with E-state index in [1.807, 2.05) is 20.8 Å². The molecule has 0 saturated carbocycles. The van der Waals surface area contributed by atoms with Crippen LogP contribution in [0.15, 0.2) is 12.3 Å². The first-order valence-electron chi connectivity index (χ1n) is 3.02. The van der Waals surface area contributed by atoms with Gasteiger partial charge in [-0.05, 0) is 27.1 Å². The molecule has 0 aliphatic rings. The summed E-state index contributed by atoms with van der Waals surface area (Å²) in [6, 6.07) is 0.